The molecule has 4 rings (SSSR count). The minimum absolute atomic E-state index is 0.00145. The molecule has 186 valence electrons. The smallest absolute Gasteiger partial charge is 0.407 e. The largest absolute Gasteiger partial charge is 0.481 e. The first-order valence-electron chi connectivity index (χ1n) is 12.6. The molecule has 0 saturated heterocycles. The minimum Gasteiger partial charge on any atom is -0.481 e. The highest BCUT2D eigenvalue weighted by molar-refractivity contribution is 5.81. The van der Waals surface area contributed by atoms with E-state index in [1.807, 2.05) is 31.2 Å². The summed E-state index contributed by atoms with van der Waals surface area (Å²) < 4.78 is 5.64. The number of fused-ring (bicyclic) bond motifs is 3. The lowest BCUT2D eigenvalue weighted by Gasteiger charge is -2.31. The predicted molar refractivity (Wildman–Crippen MR) is 133 cm³/mol. The van der Waals surface area contributed by atoms with Crippen molar-refractivity contribution in [2.75, 3.05) is 13.2 Å². The van der Waals surface area contributed by atoms with Crippen molar-refractivity contribution < 1.29 is 24.2 Å². The summed E-state index contributed by atoms with van der Waals surface area (Å²) in [7, 11) is 0. The maximum Gasteiger partial charge on any atom is 0.407 e. The highest BCUT2D eigenvalue weighted by atomic mass is 16.5. The number of hydrogen-bond acceptors (Lipinski definition) is 4. The molecular weight excluding hydrogens is 444 g/mol. The van der Waals surface area contributed by atoms with E-state index in [9.17, 15) is 14.4 Å². The number of carboxylic acids is 1. The Morgan fingerprint density at radius 2 is 1.63 bits per heavy atom. The normalized spacial score (nSPS) is 19.8. The minimum atomic E-state index is -0.922. The fourth-order valence-electron chi connectivity index (χ4n) is 5.48. The first-order valence-corrected chi connectivity index (χ1v) is 12.6. The number of alkyl carbamates (subject to hydrolysis) is 1. The van der Waals surface area contributed by atoms with Crippen LogP contribution in [-0.2, 0) is 14.3 Å². The maximum atomic E-state index is 12.9. The van der Waals surface area contributed by atoms with Crippen LogP contribution in [0.25, 0.3) is 11.1 Å². The summed E-state index contributed by atoms with van der Waals surface area (Å²) in [5.74, 6) is -1.26. The summed E-state index contributed by atoms with van der Waals surface area (Å²) in [6, 6.07) is 16.0. The monoisotopic (exact) mass is 478 g/mol. The van der Waals surface area contributed by atoms with E-state index in [4.69, 9.17) is 9.84 Å². The molecule has 1 fully saturated rings. The Hall–Kier alpha value is -3.35. The van der Waals surface area contributed by atoms with Crippen molar-refractivity contribution in [1.29, 1.82) is 0 Å². The molecule has 3 N–H and O–H groups in total. The van der Waals surface area contributed by atoms with Crippen LogP contribution < -0.4 is 10.6 Å². The van der Waals surface area contributed by atoms with Gasteiger partial charge in [-0.3, -0.25) is 9.59 Å². The van der Waals surface area contributed by atoms with Crippen molar-refractivity contribution in [1.82, 2.24) is 10.6 Å². The number of carbonyl (C=O) groups is 3. The fraction of sp³-hybridized carbons (Fsp3) is 0.464. The topological polar surface area (TPSA) is 105 Å². The molecule has 7 nitrogen and oxygen atoms in total. The molecule has 2 aliphatic carbocycles. The fourth-order valence-corrected chi connectivity index (χ4v) is 5.48. The van der Waals surface area contributed by atoms with Gasteiger partial charge in [-0.25, -0.2) is 4.79 Å². The van der Waals surface area contributed by atoms with Gasteiger partial charge in [-0.15, -0.1) is 0 Å². The van der Waals surface area contributed by atoms with Gasteiger partial charge in [-0.2, -0.15) is 0 Å². The number of rotatable bonds is 9. The van der Waals surface area contributed by atoms with Gasteiger partial charge >= 0.3 is 12.1 Å². The molecule has 2 aromatic carbocycles. The number of carboxylic acid groups (broad SMARTS) is 1. The summed E-state index contributed by atoms with van der Waals surface area (Å²) in [6.07, 6.45) is 3.55. The van der Waals surface area contributed by atoms with Crippen LogP contribution in [0, 0.1) is 11.8 Å². The summed E-state index contributed by atoms with van der Waals surface area (Å²) in [5.41, 5.74) is 4.69. The van der Waals surface area contributed by atoms with Gasteiger partial charge in [-0.05, 0) is 47.4 Å². The lowest BCUT2D eigenvalue weighted by molar-refractivity contribution is -0.138. The van der Waals surface area contributed by atoms with Crippen molar-refractivity contribution in [2.24, 2.45) is 11.8 Å². The summed E-state index contributed by atoms with van der Waals surface area (Å²) in [5, 5.41) is 14.8. The Morgan fingerprint density at radius 3 is 2.26 bits per heavy atom. The van der Waals surface area contributed by atoms with Crippen LogP contribution in [0.3, 0.4) is 0 Å². The number of aliphatic carboxylic acids is 1. The van der Waals surface area contributed by atoms with Crippen LogP contribution in [0.15, 0.2) is 48.5 Å². The average molecular weight is 479 g/mol. The van der Waals surface area contributed by atoms with Crippen LogP contribution in [0.1, 0.15) is 62.5 Å². The molecule has 35 heavy (non-hydrogen) atoms. The number of nitrogens with one attached hydrogen (secondary N) is 2. The van der Waals surface area contributed by atoms with E-state index in [1.165, 1.54) is 11.1 Å². The zero-order valence-electron chi connectivity index (χ0n) is 20.2. The Kier molecular flexibility index (Phi) is 8.06. The van der Waals surface area contributed by atoms with E-state index in [2.05, 4.69) is 34.9 Å². The highest BCUT2D eigenvalue weighted by Gasteiger charge is 2.33. The number of hydrogen-bond donors (Lipinski definition) is 3. The second-order valence-corrected chi connectivity index (χ2v) is 9.57. The van der Waals surface area contributed by atoms with Gasteiger partial charge in [0, 0.05) is 24.4 Å². The molecule has 2 aromatic rings. The first kappa shape index (κ1) is 24.8. The number of carbonyl (C=O) groups excluding carboxylic acids is 2. The first-order chi connectivity index (χ1) is 17.0. The van der Waals surface area contributed by atoms with Gasteiger partial charge in [0.2, 0.25) is 5.91 Å². The van der Waals surface area contributed by atoms with E-state index in [1.54, 1.807) is 0 Å². The highest BCUT2D eigenvalue weighted by Crippen LogP contribution is 2.44. The van der Waals surface area contributed by atoms with Crippen molar-refractivity contribution in [3.05, 3.63) is 59.7 Å². The average Bonchev–Trinajstić information content (AvgIpc) is 3.19. The molecule has 2 amide bonds. The van der Waals surface area contributed by atoms with E-state index in [-0.39, 0.29) is 42.7 Å². The van der Waals surface area contributed by atoms with Crippen molar-refractivity contribution in [3.8, 4) is 11.1 Å². The van der Waals surface area contributed by atoms with Crippen LogP contribution in [0.4, 0.5) is 4.79 Å². The summed E-state index contributed by atoms with van der Waals surface area (Å²) in [6.45, 7) is 2.48. The Labute approximate surface area is 206 Å². The van der Waals surface area contributed by atoms with E-state index >= 15 is 0 Å². The molecule has 7 heteroatoms. The van der Waals surface area contributed by atoms with Crippen LogP contribution in [-0.4, -0.2) is 42.3 Å². The van der Waals surface area contributed by atoms with Gasteiger partial charge in [0.1, 0.15) is 6.61 Å². The standard InChI is InChI=1S/C28H34N2O5/c1-2-19(15-26(31)32)30-27(33)20-10-4-3-9-18(20)16-29-28(34)35-17-25-23-13-7-5-11-21(23)22-12-6-8-14-24(22)25/h5-8,11-14,18-20,25H,2-4,9-10,15-17H2,1H3,(H,29,34)(H,30,33)(H,31,32)/t18?,19-,20?/m0/s1. The predicted octanol–water partition coefficient (Wildman–Crippen LogP) is 4.70. The molecule has 3 atom stereocenters. The van der Waals surface area contributed by atoms with Crippen molar-refractivity contribution in [3.63, 3.8) is 0 Å². The summed E-state index contributed by atoms with van der Waals surface area (Å²) in [4.78, 5) is 36.5. The van der Waals surface area contributed by atoms with Crippen LogP contribution >= 0.6 is 0 Å². The Balaban J connectivity index is 1.31. The molecule has 0 heterocycles. The molecule has 0 aliphatic heterocycles. The number of ether oxygens (including phenoxy) is 1. The second-order valence-electron chi connectivity index (χ2n) is 9.57. The summed E-state index contributed by atoms with van der Waals surface area (Å²) >= 11 is 0. The number of benzene rings is 2. The molecule has 1 saturated carbocycles. The third kappa shape index (κ3) is 5.84. The molecule has 0 spiro atoms. The van der Waals surface area contributed by atoms with Gasteiger partial charge in [0.15, 0.2) is 0 Å². The lowest BCUT2D eigenvalue weighted by Crippen LogP contribution is -2.45. The molecule has 2 aliphatic rings. The van der Waals surface area contributed by atoms with Crippen LogP contribution in [0.5, 0.6) is 0 Å². The zero-order chi connectivity index (χ0) is 24.8. The number of amides is 2. The molecule has 2 unspecified atom stereocenters. The van der Waals surface area contributed by atoms with Crippen LogP contribution in [0.2, 0.25) is 0 Å². The lowest BCUT2D eigenvalue weighted by atomic mass is 9.78. The van der Waals surface area contributed by atoms with E-state index in [0.29, 0.717) is 13.0 Å². The van der Waals surface area contributed by atoms with E-state index in [0.717, 1.165) is 36.8 Å². The molecular formula is C28H34N2O5. The maximum absolute atomic E-state index is 12.9. The van der Waals surface area contributed by atoms with Gasteiger partial charge in [0.25, 0.3) is 0 Å². The molecule has 0 aromatic heterocycles. The zero-order valence-corrected chi connectivity index (χ0v) is 20.2. The molecule has 0 bridgehead atoms. The third-order valence-electron chi connectivity index (χ3n) is 7.36. The van der Waals surface area contributed by atoms with Gasteiger partial charge in [0.05, 0.1) is 6.42 Å². The van der Waals surface area contributed by atoms with E-state index < -0.39 is 12.1 Å². The SMILES string of the molecule is CC[C@@H](CC(=O)O)NC(=O)C1CCCCC1CNC(=O)OCC1c2ccccc2-c2ccccc21. The Bertz CT molecular complexity index is 1020. The molecule has 0 radical (unpaired) electrons. The second kappa shape index (κ2) is 11.4. The van der Waals surface area contributed by atoms with Gasteiger partial charge < -0.3 is 20.5 Å². The quantitative estimate of drug-likeness (QED) is 0.485. The Morgan fingerprint density at radius 1 is 1.00 bits per heavy atom. The van der Waals surface area contributed by atoms with Gasteiger partial charge in [-0.1, -0.05) is 68.3 Å². The van der Waals surface area contributed by atoms with Crippen molar-refractivity contribution >= 4 is 18.0 Å². The third-order valence-corrected chi connectivity index (χ3v) is 7.36. The van der Waals surface area contributed by atoms with Crippen molar-refractivity contribution in [2.45, 2.75) is 57.4 Å².